The van der Waals surface area contributed by atoms with E-state index in [1.165, 1.54) is 24.3 Å². The van der Waals surface area contributed by atoms with Crippen LogP contribution < -0.4 is 10.0 Å². The Morgan fingerprint density at radius 3 is 2.50 bits per heavy atom. The van der Waals surface area contributed by atoms with Crippen molar-refractivity contribution in [3.8, 4) is 12.3 Å². The average Bonchev–Trinajstić information content (AvgIpc) is 2.59. The van der Waals surface area contributed by atoms with E-state index >= 15 is 0 Å². The smallest absolute Gasteiger partial charge is 0.251 e. The van der Waals surface area contributed by atoms with E-state index < -0.39 is 15.9 Å². The molecule has 0 fully saturated rings. The normalized spacial score (nSPS) is 10.7. The van der Waals surface area contributed by atoms with Crippen molar-refractivity contribution in [3.63, 3.8) is 0 Å². The highest BCUT2D eigenvalue weighted by molar-refractivity contribution is 7.89. The molecule has 0 aliphatic carbocycles. The van der Waals surface area contributed by atoms with Gasteiger partial charge in [0.2, 0.25) is 15.9 Å². The quantitative estimate of drug-likeness (QED) is 0.654. The second kappa shape index (κ2) is 9.05. The number of benzene rings is 1. The van der Waals surface area contributed by atoms with Crippen molar-refractivity contribution in [3.05, 3.63) is 29.8 Å². The van der Waals surface area contributed by atoms with Gasteiger partial charge in [0.1, 0.15) is 0 Å². The molecule has 0 atom stereocenters. The lowest BCUT2D eigenvalue weighted by Gasteiger charge is -2.18. The van der Waals surface area contributed by atoms with E-state index in [0.717, 1.165) is 0 Å². The number of amides is 2. The molecule has 8 heteroatoms. The van der Waals surface area contributed by atoms with Crippen molar-refractivity contribution in [1.82, 2.24) is 14.9 Å². The van der Waals surface area contributed by atoms with Crippen molar-refractivity contribution >= 4 is 21.8 Å². The molecule has 0 heterocycles. The third-order valence-electron chi connectivity index (χ3n) is 3.29. The van der Waals surface area contributed by atoms with Gasteiger partial charge in [-0.2, -0.15) is 4.72 Å². The van der Waals surface area contributed by atoms with E-state index in [-0.39, 0.29) is 29.5 Å². The van der Waals surface area contributed by atoms with Gasteiger partial charge in [0.05, 0.1) is 18.0 Å². The predicted octanol–water partition coefficient (Wildman–Crippen LogP) is 0.196. The molecule has 0 radical (unpaired) electrons. The first-order chi connectivity index (χ1) is 11.4. The molecule has 24 heavy (non-hydrogen) atoms. The molecule has 0 bridgehead atoms. The van der Waals surface area contributed by atoms with Crippen LogP contribution in [0.4, 0.5) is 0 Å². The van der Waals surface area contributed by atoms with Gasteiger partial charge in [-0.3, -0.25) is 9.59 Å². The van der Waals surface area contributed by atoms with Gasteiger partial charge in [-0.15, -0.1) is 6.42 Å². The fraction of sp³-hybridized carbons (Fsp3) is 0.375. The Hall–Kier alpha value is -2.37. The second-order valence-electron chi connectivity index (χ2n) is 4.81. The zero-order valence-electron chi connectivity index (χ0n) is 13.7. The van der Waals surface area contributed by atoms with Crippen LogP contribution in [0.3, 0.4) is 0 Å². The van der Waals surface area contributed by atoms with Gasteiger partial charge in [0, 0.05) is 18.7 Å². The summed E-state index contributed by atoms with van der Waals surface area (Å²) in [6.45, 7) is 4.52. The molecule has 0 unspecified atom stereocenters. The highest BCUT2D eigenvalue weighted by Crippen LogP contribution is 2.11. The first kappa shape index (κ1) is 19.7. The molecule has 0 aliphatic rings. The average molecular weight is 351 g/mol. The van der Waals surface area contributed by atoms with Crippen molar-refractivity contribution in [2.75, 3.05) is 26.2 Å². The number of hydrogen-bond acceptors (Lipinski definition) is 4. The van der Waals surface area contributed by atoms with Gasteiger partial charge < -0.3 is 10.2 Å². The number of hydrogen-bond donors (Lipinski definition) is 2. The van der Waals surface area contributed by atoms with Crippen LogP contribution in [-0.2, 0) is 14.8 Å². The first-order valence-corrected chi connectivity index (χ1v) is 8.93. The number of likely N-dealkylation sites (N-methyl/N-ethyl adjacent to an activating group) is 1. The van der Waals surface area contributed by atoms with Gasteiger partial charge in [0.25, 0.3) is 5.91 Å². The molecule has 0 aliphatic heterocycles. The molecule has 1 aromatic carbocycles. The summed E-state index contributed by atoms with van der Waals surface area (Å²) in [6.07, 6.45) is 5.03. The standard InChI is InChI=1S/C16H21N3O4S/c1-4-10-18-24(22,23)14-9-7-8-13(11-14)16(21)17-12-15(20)19(5-2)6-3/h1,7-9,11,18H,5-6,10,12H2,2-3H3,(H,17,21). The topological polar surface area (TPSA) is 95.6 Å². The monoisotopic (exact) mass is 351 g/mol. The zero-order chi connectivity index (χ0) is 18.2. The number of nitrogens with one attached hydrogen (secondary N) is 2. The zero-order valence-corrected chi connectivity index (χ0v) is 14.5. The van der Waals surface area contributed by atoms with Crippen LogP contribution in [0.1, 0.15) is 24.2 Å². The molecule has 0 saturated heterocycles. The minimum absolute atomic E-state index is 0.0690. The fourth-order valence-electron chi connectivity index (χ4n) is 1.97. The summed E-state index contributed by atoms with van der Waals surface area (Å²) in [7, 11) is -3.78. The highest BCUT2D eigenvalue weighted by Gasteiger charge is 2.16. The van der Waals surface area contributed by atoms with E-state index in [1.54, 1.807) is 4.90 Å². The summed E-state index contributed by atoms with van der Waals surface area (Å²) in [5, 5.41) is 2.49. The number of carbonyl (C=O) groups excluding carboxylic acids is 2. The molecule has 0 aromatic heterocycles. The summed E-state index contributed by atoms with van der Waals surface area (Å²) >= 11 is 0. The largest absolute Gasteiger partial charge is 0.343 e. The molecule has 1 rings (SSSR count). The number of carbonyl (C=O) groups is 2. The van der Waals surface area contributed by atoms with Crippen LogP contribution in [0.5, 0.6) is 0 Å². The molecule has 0 spiro atoms. The minimum atomic E-state index is -3.78. The fourth-order valence-corrected chi connectivity index (χ4v) is 2.95. The van der Waals surface area contributed by atoms with Crippen molar-refractivity contribution < 1.29 is 18.0 Å². The SMILES string of the molecule is C#CCNS(=O)(=O)c1cccc(C(=O)NCC(=O)N(CC)CC)c1. The van der Waals surface area contributed by atoms with E-state index in [9.17, 15) is 18.0 Å². The molecule has 130 valence electrons. The highest BCUT2D eigenvalue weighted by atomic mass is 32.2. The predicted molar refractivity (Wildman–Crippen MR) is 90.7 cm³/mol. The Bertz CT molecular complexity index is 734. The molecular formula is C16H21N3O4S. The molecule has 1 aromatic rings. The van der Waals surface area contributed by atoms with Crippen molar-refractivity contribution in [2.24, 2.45) is 0 Å². The third-order valence-corrected chi connectivity index (χ3v) is 4.69. The lowest BCUT2D eigenvalue weighted by Crippen LogP contribution is -2.40. The van der Waals surface area contributed by atoms with Crippen LogP contribution in [-0.4, -0.2) is 51.3 Å². The van der Waals surface area contributed by atoms with E-state index in [1.807, 2.05) is 13.8 Å². The second-order valence-corrected chi connectivity index (χ2v) is 6.57. The molecule has 7 nitrogen and oxygen atoms in total. The summed E-state index contributed by atoms with van der Waals surface area (Å²) in [6, 6.07) is 5.51. The van der Waals surface area contributed by atoms with Gasteiger partial charge in [-0.1, -0.05) is 12.0 Å². The van der Waals surface area contributed by atoms with Crippen molar-refractivity contribution in [1.29, 1.82) is 0 Å². The van der Waals surface area contributed by atoms with Crippen LogP contribution >= 0.6 is 0 Å². The van der Waals surface area contributed by atoms with Crippen LogP contribution in [0.15, 0.2) is 29.2 Å². The van der Waals surface area contributed by atoms with Crippen LogP contribution in [0, 0.1) is 12.3 Å². The minimum Gasteiger partial charge on any atom is -0.343 e. The summed E-state index contributed by atoms with van der Waals surface area (Å²) in [5.74, 6) is 1.45. The lowest BCUT2D eigenvalue weighted by molar-refractivity contribution is -0.129. The summed E-state index contributed by atoms with van der Waals surface area (Å²) < 4.78 is 26.2. The molecule has 2 amide bonds. The van der Waals surface area contributed by atoms with Gasteiger partial charge in [-0.05, 0) is 32.0 Å². The lowest BCUT2D eigenvalue weighted by atomic mass is 10.2. The van der Waals surface area contributed by atoms with Crippen LogP contribution in [0.2, 0.25) is 0 Å². The van der Waals surface area contributed by atoms with E-state index in [0.29, 0.717) is 13.1 Å². The number of sulfonamides is 1. The van der Waals surface area contributed by atoms with Gasteiger partial charge >= 0.3 is 0 Å². The van der Waals surface area contributed by atoms with Gasteiger partial charge in [-0.25, -0.2) is 8.42 Å². The Kier molecular flexibility index (Phi) is 7.42. The Morgan fingerprint density at radius 2 is 1.92 bits per heavy atom. The first-order valence-electron chi connectivity index (χ1n) is 7.44. The summed E-state index contributed by atoms with van der Waals surface area (Å²) in [4.78, 5) is 25.5. The molecule has 2 N–H and O–H groups in total. The van der Waals surface area contributed by atoms with Gasteiger partial charge in [0.15, 0.2) is 0 Å². The Morgan fingerprint density at radius 1 is 1.25 bits per heavy atom. The molecular weight excluding hydrogens is 330 g/mol. The Labute approximate surface area is 142 Å². The molecule has 0 saturated carbocycles. The van der Waals surface area contributed by atoms with E-state index in [4.69, 9.17) is 6.42 Å². The van der Waals surface area contributed by atoms with E-state index in [2.05, 4.69) is 16.0 Å². The summed E-state index contributed by atoms with van der Waals surface area (Å²) in [5.41, 5.74) is 0.144. The van der Waals surface area contributed by atoms with Crippen LogP contribution in [0.25, 0.3) is 0 Å². The van der Waals surface area contributed by atoms with Crippen molar-refractivity contribution in [2.45, 2.75) is 18.7 Å². The number of terminal acetylenes is 1. The maximum absolute atomic E-state index is 12.1. The maximum Gasteiger partial charge on any atom is 0.251 e. The number of rotatable bonds is 8. The Balaban J connectivity index is 2.81. The number of nitrogens with zero attached hydrogens (tertiary/aromatic N) is 1. The third kappa shape index (κ3) is 5.37. The maximum atomic E-state index is 12.1.